The van der Waals surface area contributed by atoms with E-state index >= 15 is 0 Å². The Hall–Kier alpha value is -7.48. The van der Waals surface area contributed by atoms with Crippen molar-refractivity contribution in [2.75, 3.05) is 0 Å². The van der Waals surface area contributed by atoms with Gasteiger partial charge in [-0.2, -0.15) is 0 Å². The fourth-order valence-corrected chi connectivity index (χ4v) is 11.9. The van der Waals surface area contributed by atoms with Crippen molar-refractivity contribution in [1.29, 1.82) is 0 Å². The minimum Gasteiger partial charge on any atom is -0.457 e. The first-order valence-electron chi connectivity index (χ1n) is 20.7. The van der Waals surface area contributed by atoms with Crippen molar-refractivity contribution in [1.82, 2.24) is 0 Å². The Kier molecular flexibility index (Phi) is 5.96. The number of rotatable bonds is 1. The lowest BCUT2D eigenvalue weighted by Gasteiger charge is -2.40. The second kappa shape index (κ2) is 11.1. The van der Waals surface area contributed by atoms with Gasteiger partial charge in [-0.15, -0.1) is 0 Å². The predicted molar refractivity (Wildman–Crippen MR) is 241 cm³/mol. The summed E-state index contributed by atoms with van der Waals surface area (Å²) in [5, 5.41) is 4.98. The number of fused-ring (bicyclic) bond motifs is 22. The van der Waals surface area contributed by atoms with E-state index in [-0.39, 0.29) is 0 Å². The molecule has 4 aliphatic rings. The SMILES string of the molecule is c1ccc2c(c1)-c1ccccc1C21c2cc(-c3ccc4c(c3)-c3ccccc3C43c4ccccc4-c4c3ccc3ccccc43)ccc2Oc2cc3ccccc3cc21. The van der Waals surface area contributed by atoms with E-state index in [9.17, 15) is 0 Å². The number of ether oxygens (including phenoxy) is 1. The maximum Gasteiger partial charge on any atom is 0.132 e. The summed E-state index contributed by atoms with van der Waals surface area (Å²) < 4.78 is 6.97. The molecule has 0 fully saturated rings. The van der Waals surface area contributed by atoms with Crippen LogP contribution in [0, 0.1) is 0 Å². The van der Waals surface area contributed by atoms with Crippen LogP contribution in [0.25, 0.3) is 66.1 Å². The molecule has 1 heteroatoms. The molecule has 0 radical (unpaired) electrons. The number of hydrogen-bond acceptors (Lipinski definition) is 1. The fraction of sp³-hybridized carbons (Fsp3) is 0.0345. The molecule has 0 saturated heterocycles. The zero-order valence-electron chi connectivity index (χ0n) is 32.0. The van der Waals surface area contributed by atoms with E-state index in [1.165, 1.54) is 111 Å². The van der Waals surface area contributed by atoms with E-state index in [0.29, 0.717) is 0 Å². The van der Waals surface area contributed by atoms with Crippen LogP contribution < -0.4 is 4.74 Å². The van der Waals surface area contributed by atoms with Crippen LogP contribution in [0.4, 0.5) is 0 Å². The van der Waals surface area contributed by atoms with E-state index in [0.717, 1.165) is 11.5 Å². The summed E-state index contributed by atoms with van der Waals surface area (Å²) in [6.07, 6.45) is 0. The van der Waals surface area contributed by atoms with Crippen LogP contribution >= 0.6 is 0 Å². The Bertz CT molecular complexity index is 3450. The summed E-state index contributed by atoms with van der Waals surface area (Å²) in [6.45, 7) is 0. The zero-order chi connectivity index (χ0) is 38.5. The molecule has 272 valence electrons. The Morgan fingerprint density at radius 3 is 1.46 bits per heavy atom. The fourth-order valence-electron chi connectivity index (χ4n) is 11.9. The Labute approximate surface area is 342 Å². The average molecular weight is 747 g/mol. The summed E-state index contributed by atoms with van der Waals surface area (Å²) in [7, 11) is 0. The van der Waals surface area contributed by atoms with Crippen LogP contribution in [0.2, 0.25) is 0 Å². The van der Waals surface area contributed by atoms with Crippen molar-refractivity contribution in [2.24, 2.45) is 0 Å². The van der Waals surface area contributed by atoms with Gasteiger partial charge < -0.3 is 4.74 Å². The lowest BCUT2D eigenvalue weighted by atomic mass is 9.65. The molecule has 14 rings (SSSR count). The van der Waals surface area contributed by atoms with Crippen molar-refractivity contribution >= 4 is 21.5 Å². The molecule has 0 N–H and O–H groups in total. The van der Waals surface area contributed by atoms with Crippen LogP contribution in [-0.4, -0.2) is 0 Å². The highest BCUT2D eigenvalue weighted by Crippen LogP contribution is 2.65. The lowest BCUT2D eigenvalue weighted by Crippen LogP contribution is -2.32. The van der Waals surface area contributed by atoms with Crippen molar-refractivity contribution < 1.29 is 4.74 Å². The molecule has 1 aliphatic heterocycles. The van der Waals surface area contributed by atoms with Crippen LogP contribution in [0.3, 0.4) is 0 Å². The molecule has 59 heavy (non-hydrogen) atoms. The van der Waals surface area contributed by atoms with Crippen molar-refractivity contribution in [3.63, 3.8) is 0 Å². The highest BCUT2D eigenvalue weighted by Gasteiger charge is 2.53. The lowest BCUT2D eigenvalue weighted by molar-refractivity contribution is 0.437. The second-order valence-corrected chi connectivity index (χ2v) is 16.7. The van der Waals surface area contributed by atoms with Gasteiger partial charge in [-0.3, -0.25) is 0 Å². The molecule has 1 unspecified atom stereocenters. The maximum atomic E-state index is 6.97. The van der Waals surface area contributed by atoms with Crippen LogP contribution in [0.15, 0.2) is 206 Å². The zero-order valence-corrected chi connectivity index (χ0v) is 32.0. The average Bonchev–Trinajstić information content (AvgIpc) is 3.89. The van der Waals surface area contributed by atoms with Crippen molar-refractivity contribution in [3.05, 3.63) is 251 Å². The molecule has 3 aliphatic carbocycles. The largest absolute Gasteiger partial charge is 0.457 e. The summed E-state index contributed by atoms with van der Waals surface area (Å²) in [5.74, 6) is 1.82. The third-order valence-electron chi connectivity index (χ3n) is 14.1. The maximum absolute atomic E-state index is 6.97. The van der Waals surface area contributed by atoms with Gasteiger partial charge in [0.25, 0.3) is 0 Å². The van der Waals surface area contributed by atoms with Gasteiger partial charge in [0.15, 0.2) is 0 Å². The third kappa shape index (κ3) is 3.77. The van der Waals surface area contributed by atoms with Gasteiger partial charge in [0.05, 0.1) is 10.8 Å². The van der Waals surface area contributed by atoms with Gasteiger partial charge in [-0.1, -0.05) is 176 Å². The van der Waals surface area contributed by atoms with E-state index in [1.807, 2.05) is 0 Å². The summed E-state index contributed by atoms with van der Waals surface area (Å²) in [6, 6.07) is 77.2. The minimum absolute atomic E-state index is 0.405. The Morgan fingerprint density at radius 2 is 0.746 bits per heavy atom. The highest BCUT2D eigenvalue weighted by molar-refractivity contribution is 6.06. The van der Waals surface area contributed by atoms with Gasteiger partial charge >= 0.3 is 0 Å². The third-order valence-corrected chi connectivity index (χ3v) is 14.1. The van der Waals surface area contributed by atoms with Gasteiger partial charge in [0.2, 0.25) is 0 Å². The molecule has 0 saturated carbocycles. The molecule has 0 aromatic heterocycles. The van der Waals surface area contributed by atoms with Crippen LogP contribution in [0.5, 0.6) is 11.5 Å². The second-order valence-electron chi connectivity index (χ2n) is 16.7. The first kappa shape index (κ1) is 31.6. The molecule has 0 amide bonds. The Morgan fingerprint density at radius 1 is 0.271 bits per heavy atom. The molecule has 1 nitrogen and oxygen atoms in total. The van der Waals surface area contributed by atoms with Gasteiger partial charge in [-0.05, 0) is 130 Å². The van der Waals surface area contributed by atoms with Crippen molar-refractivity contribution in [3.8, 4) is 56.0 Å². The van der Waals surface area contributed by atoms with Gasteiger partial charge in [0, 0.05) is 11.1 Å². The van der Waals surface area contributed by atoms with E-state index < -0.39 is 10.8 Å². The first-order chi connectivity index (χ1) is 29.2. The predicted octanol–water partition coefficient (Wildman–Crippen LogP) is 14.5. The number of benzene rings is 10. The van der Waals surface area contributed by atoms with E-state index in [1.54, 1.807) is 0 Å². The molecule has 10 aromatic rings. The quantitative estimate of drug-likeness (QED) is 0.163. The molecule has 1 atom stereocenters. The topological polar surface area (TPSA) is 9.23 Å². The van der Waals surface area contributed by atoms with E-state index in [4.69, 9.17) is 4.74 Å². The van der Waals surface area contributed by atoms with Gasteiger partial charge in [-0.25, -0.2) is 0 Å². The number of hydrogen-bond donors (Lipinski definition) is 0. The minimum atomic E-state index is -0.552. The van der Waals surface area contributed by atoms with Crippen molar-refractivity contribution in [2.45, 2.75) is 10.8 Å². The van der Waals surface area contributed by atoms with Crippen LogP contribution in [0.1, 0.15) is 44.5 Å². The smallest absolute Gasteiger partial charge is 0.132 e. The Balaban J connectivity index is 1.02. The summed E-state index contributed by atoms with van der Waals surface area (Å²) in [5.41, 5.74) is 19.7. The molecular weight excluding hydrogens is 713 g/mol. The first-order valence-corrected chi connectivity index (χ1v) is 20.7. The molecule has 1 heterocycles. The monoisotopic (exact) mass is 746 g/mol. The molecule has 10 aromatic carbocycles. The van der Waals surface area contributed by atoms with E-state index in [2.05, 4.69) is 206 Å². The summed E-state index contributed by atoms with van der Waals surface area (Å²) in [4.78, 5) is 0. The molecular formula is C58H34O. The molecule has 0 bridgehead atoms. The molecule has 2 spiro atoms. The summed E-state index contributed by atoms with van der Waals surface area (Å²) >= 11 is 0. The highest BCUT2D eigenvalue weighted by atomic mass is 16.5. The normalized spacial score (nSPS) is 16.5. The standard InChI is InChI=1S/C58H34O/c1-2-15-37-34-55-53(32-36(37)14-1)58(46-21-9-5-17-41(46)42-18-6-10-22-47(42)58)52-33-39(27-30-54(52)59-55)38-26-28-50-45(31-38)43-19-7-11-23-48(43)57(50)49-24-12-8-20-44(49)56-40-16-4-3-13-35(40)25-29-51(56)57/h1-34H. The van der Waals surface area contributed by atoms with Crippen LogP contribution in [-0.2, 0) is 10.8 Å². The van der Waals surface area contributed by atoms with Gasteiger partial charge in [0.1, 0.15) is 11.5 Å².